The van der Waals surface area contributed by atoms with Crippen molar-refractivity contribution in [2.45, 2.75) is 6.92 Å². The topological polar surface area (TPSA) is 43.1 Å². The van der Waals surface area contributed by atoms with Gasteiger partial charge in [-0.3, -0.25) is 4.79 Å². The van der Waals surface area contributed by atoms with Gasteiger partial charge >= 0.3 is 0 Å². The van der Waals surface area contributed by atoms with Crippen molar-refractivity contribution in [3.8, 4) is 0 Å². The summed E-state index contributed by atoms with van der Waals surface area (Å²) in [5.74, 6) is -0.924. The molecule has 0 spiro atoms. The number of carbonyl (C=O) groups excluding carboxylic acids is 1. The maximum atomic E-state index is 13.3. The number of nitrogens with two attached hydrogens (primary N) is 1. The third-order valence-corrected chi connectivity index (χ3v) is 3.20. The second-order valence-electron chi connectivity index (χ2n) is 4.00. The molecule has 0 radical (unpaired) electrons. The standard InChI is InChI=1S/C14H11ClFNO/c1-8-3-2-4-10(13(8)15)14(18)9-5-6-12(17)11(16)7-9/h2-7H,17H2,1H3. The molecule has 2 aromatic carbocycles. The average Bonchev–Trinajstić information content (AvgIpc) is 2.35. The van der Waals surface area contributed by atoms with Gasteiger partial charge in [0.2, 0.25) is 0 Å². The molecule has 2 rings (SSSR count). The largest absolute Gasteiger partial charge is 0.396 e. The molecule has 0 aliphatic carbocycles. The number of halogens is 2. The molecular weight excluding hydrogens is 253 g/mol. The highest BCUT2D eigenvalue weighted by atomic mass is 35.5. The van der Waals surface area contributed by atoms with E-state index in [1.54, 1.807) is 12.1 Å². The molecule has 0 atom stereocenters. The van der Waals surface area contributed by atoms with Gasteiger partial charge in [-0.2, -0.15) is 0 Å². The molecule has 0 bridgehead atoms. The summed E-state index contributed by atoms with van der Waals surface area (Å²) in [5.41, 5.74) is 6.78. The van der Waals surface area contributed by atoms with Crippen molar-refractivity contribution < 1.29 is 9.18 Å². The second kappa shape index (κ2) is 4.78. The number of nitrogen functional groups attached to an aromatic ring is 1. The summed E-state index contributed by atoms with van der Waals surface area (Å²) >= 11 is 6.07. The Bertz CT molecular complexity index is 625. The van der Waals surface area contributed by atoms with E-state index in [1.165, 1.54) is 12.1 Å². The van der Waals surface area contributed by atoms with Gasteiger partial charge in [0.25, 0.3) is 0 Å². The normalized spacial score (nSPS) is 10.4. The minimum Gasteiger partial charge on any atom is -0.396 e. The maximum Gasteiger partial charge on any atom is 0.194 e. The van der Waals surface area contributed by atoms with Gasteiger partial charge in [0, 0.05) is 11.1 Å². The number of carbonyl (C=O) groups is 1. The summed E-state index contributed by atoms with van der Waals surface area (Å²) < 4.78 is 13.3. The lowest BCUT2D eigenvalue weighted by Crippen LogP contribution is -2.04. The molecule has 0 unspecified atom stereocenters. The minimum absolute atomic E-state index is 0.0156. The predicted molar refractivity (Wildman–Crippen MR) is 70.4 cm³/mol. The Morgan fingerprint density at radius 1 is 1.28 bits per heavy atom. The van der Waals surface area contributed by atoms with Crippen LogP contribution in [0, 0.1) is 12.7 Å². The fraction of sp³-hybridized carbons (Fsp3) is 0.0714. The van der Waals surface area contributed by atoms with Crippen LogP contribution in [0.15, 0.2) is 36.4 Å². The lowest BCUT2D eigenvalue weighted by molar-refractivity contribution is 0.103. The van der Waals surface area contributed by atoms with Gasteiger partial charge in [0.1, 0.15) is 5.82 Å². The quantitative estimate of drug-likeness (QED) is 0.664. The van der Waals surface area contributed by atoms with Crippen molar-refractivity contribution in [2.24, 2.45) is 0 Å². The van der Waals surface area contributed by atoms with Crippen LogP contribution in [-0.4, -0.2) is 5.78 Å². The SMILES string of the molecule is Cc1cccc(C(=O)c2ccc(N)c(F)c2)c1Cl. The molecule has 0 aliphatic rings. The van der Waals surface area contributed by atoms with Gasteiger partial charge in [-0.15, -0.1) is 0 Å². The highest BCUT2D eigenvalue weighted by Gasteiger charge is 2.15. The Balaban J connectivity index is 2.48. The Morgan fingerprint density at radius 3 is 2.67 bits per heavy atom. The highest BCUT2D eigenvalue weighted by Crippen LogP contribution is 2.24. The van der Waals surface area contributed by atoms with Gasteiger partial charge in [-0.1, -0.05) is 23.7 Å². The van der Waals surface area contributed by atoms with Crippen molar-refractivity contribution in [3.63, 3.8) is 0 Å². The molecule has 18 heavy (non-hydrogen) atoms. The molecule has 0 amide bonds. The first kappa shape index (κ1) is 12.6. The zero-order valence-electron chi connectivity index (χ0n) is 9.71. The molecule has 2 aromatic rings. The van der Waals surface area contributed by atoms with Crippen LogP contribution in [0.1, 0.15) is 21.5 Å². The van der Waals surface area contributed by atoms with Gasteiger partial charge in [-0.25, -0.2) is 4.39 Å². The number of hydrogen-bond acceptors (Lipinski definition) is 2. The summed E-state index contributed by atoms with van der Waals surface area (Å²) in [5, 5.41) is 0.389. The zero-order chi connectivity index (χ0) is 13.3. The Hall–Kier alpha value is -1.87. The van der Waals surface area contributed by atoms with E-state index in [0.717, 1.165) is 11.6 Å². The van der Waals surface area contributed by atoms with Crippen LogP contribution in [0.25, 0.3) is 0 Å². The van der Waals surface area contributed by atoms with Crippen molar-refractivity contribution in [1.82, 2.24) is 0 Å². The van der Waals surface area contributed by atoms with Gasteiger partial charge in [-0.05, 0) is 36.8 Å². The molecule has 0 aromatic heterocycles. The first-order valence-corrected chi connectivity index (χ1v) is 5.73. The average molecular weight is 264 g/mol. The molecule has 0 heterocycles. The van der Waals surface area contributed by atoms with Crippen molar-refractivity contribution in [3.05, 3.63) is 63.9 Å². The fourth-order valence-electron chi connectivity index (χ4n) is 1.65. The van der Waals surface area contributed by atoms with E-state index in [-0.39, 0.29) is 17.0 Å². The second-order valence-corrected chi connectivity index (χ2v) is 4.38. The zero-order valence-corrected chi connectivity index (χ0v) is 10.5. The van der Waals surface area contributed by atoms with Crippen LogP contribution < -0.4 is 5.73 Å². The van der Waals surface area contributed by atoms with Crippen LogP contribution >= 0.6 is 11.6 Å². The number of hydrogen-bond donors (Lipinski definition) is 1. The molecule has 0 fully saturated rings. The van der Waals surface area contributed by atoms with Crippen LogP contribution in [0.5, 0.6) is 0 Å². The third kappa shape index (κ3) is 2.22. The molecule has 4 heteroatoms. The molecule has 2 nitrogen and oxygen atoms in total. The lowest BCUT2D eigenvalue weighted by Gasteiger charge is -2.06. The maximum absolute atomic E-state index is 13.3. The smallest absolute Gasteiger partial charge is 0.194 e. The summed E-state index contributed by atoms with van der Waals surface area (Å²) in [4.78, 5) is 12.2. The molecule has 0 saturated carbocycles. The summed E-state index contributed by atoms with van der Waals surface area (Å²) in [7, 11) is 0. The van der Waals surface area contributed by atoms with Gasteiger partial charge < -0.3 is 5.73 Å². The third-order valence-electron chi connectivity index (χ3n) is 2.70. The molecule has 92 valence electrons. The Labute approximate surface area is 109 Å². The van der Waals surface area contributed by atoms with Crippen molar-refractivity contribution in [2.75, 3.05) is 5.73 Å². The van der Waals surface area contributed by atoms with E-state index in [0.29, 0.717) is 10.6 Å². The highest BCUT2D eigenvalue weighted by molar-refractivity contribution is 6.35. The van der Waals surface area contributed by atoms with E-state index in [2.05, 4.69) is 0 Å². The summed E-state index contributed by atoms with van der Waals surface area (Å²) in [6.45, 7) is 1.81. The Kier molecular flexibility index (Phi) is 3.34. The number of benzene rings is 2. The monoisotopic (exact) mass is 263 g/mol. The predicted octanol–water partition coefficient (Wildman–Crippen LogP) is 3.60. The first-order valence-electron chi connectivity index (χ1n) is 5.35. The van der Waals surface area contributed by atoms with Crippen molar-refractivity contribution >= 4 is 23.1 Å². The van der Waals surface area contributed by atoms with Crippen molar-refractivity contribution in [1.29, 1.82) is 0 Å². The van der Waals surface area contributed by atoms with Crippen LogP contribution in [0.4, 0.5) is 10.1 Å². The van der Waals surface area contributed by atoms with E-state index < -0.39 is 5.82 Å². The van der Waals surface area contributed by atoms with Crippen LogP contribution in [0.3, 0.4) is 0 Å². The lowest BCUT2D eigenvalue weighted by atomic mass is 10.0. The molecule has 0 saturated heterocycles. The Morgan fingerprint density at radius 2 is 2.00 bits per heavy atom. The van der Waals surface area contributed by atoms with E-state index >= 15 is 0 Å². The molecular formula is C14H11ClFNO. The number of aryl methyl sites for hydroxylation is 1. The minimum atomic E-state index is -0.607. The molecule has 2 N–H and O–H groups in total. The number of anilines is 1. The van der Waals surface area contributed by atoms with Crippen LogP contribution in [0.2, 0.25) is 5.02 Å². The summed E-state index contributed by atoms with van der Waals surface area (Å²) in [6, 6.07) is 9.14. The number of ketones is 1. The van der Waals surface area contributed by atoms with Gasteiger partial charge in [0.05, 0.1) is 10.7 Å². The van der Waals surface area contributed by atoms with E-state index in [9.17, 15) is 9.18 Å². The summed E-state index contributed by atoms with van der Waals surface area (Å²) in [6.07, 6.45) is 0. The van der Waals surface area contributed by atoms with E-state index in [4.69, 9.17) is 17.3 Å². The van der Waals surface area contributed by atoms with Crippen LogP contribution in [-0.2, 0) is 0 Å². The number of rotatable bonds is 2. The molecule has 0 aliphatic heterocycles. The van der Waals surface area contributed by atoms with E-state index in [1.807, 2.05) is 13.0 Å². The first-order chi connectivity index (χ1) is 8.50. The fourth-order valence-corrected chi connectivity index (χ4v) is 1.86. The van der Waals surface area contributed by atoms with Gasteiger partial charge in [0.15, 0.2) is 5.78 Å².